The van der Waals surface area contributed by atoms with E-state index in [0.717, 1.165) is 26.1 Å². The first kappa shape index (κ1) is 10.1. The van der Waals surface area contributed by atoms with Crippen molar-refractivity contribution in [2.45, 2.75) is 6.42 Å². The highest BCUT2D eigenvalue weighted by Gasteiger charge is 2.17. The van der Waals surface area contributed by atoms with E-state index in [9.17, 15) is 0 Å². The molecule has 84 valence electrons. The first-order chi connectivity index (χ1) is 7.93. The minimum absolute atomic E-state index is 1.12. The molecule has 0 bridgehead atoms. The molecule has 1 fully saturated rings. The largest absolute Gasteiger partial charge is 0.314 e. The van der Waals surface area contributed by atoms with E-state index in [1.54, 1.807) is 0 Å². The lowest BCUT2D eigenvalue weighted by molar-refractivity contribution is 0.268. The fourth-order valence-corrected chi connectivity index (χ4v) is 2.61. The van der Waals surface area contributed by atoms with Gasteiger partial charge in [-0.3, -0.25) is 4.90 Å². The van der Waals surface area contributed by atoms with Crippen LogP contribution in [-0.2, 0) is 6.42 Å². The molecule has 0 amide bonds. The molecule has 0 saturated carbocycles. The topological polar surface area (TPSA) is 15.3 Å². The van der Waals surface area contributed by atoms with E-state index >= 15 is 0 Å². The summed E-state index contributed by atoms with van der Waals surface area (Å²) in [4.78, 5) is 2.55. The summed E-state index contributed by atoms with van der Waals surface area (Å²) in [6.45, 7) is 5.75. The summed E-state index contributed by atoms with van der Waals surface area (Å²) >= 11 is 0. The maximum atomic E-state index is 3.40. The molecule has 0 spiro atoms. The molecule has 0 radical (unpaired) electrons. The van der Waals surface area contributed by atoms with Crippen LogP contribution in [0.3, 0.4) is 0 Å². The highest BCUT2D eigenvalue weighted by atomic mass is 15.2. The van der Waals surface area contributed by atoms with E-state index in [1.807, 2.05) is 0 Å². The van der Waals surface area contributed by atoms with E-state index in [-0.39, 0.29) is 0 Å². The van der Waals surface area contributed by atoms with Gasteiger partial charge in [0.05, 0.1) is 0 Å². The van der Waals surface area contributed by atoms with Crippen LogP contribution in [0.5, 0.6) is 0 Å². The molecule has 1 saturated heterocycles. The van der Waals surface area contributed by atoms with Gasteiger partial charge in [0, 0.05) is 32.7 Å². The van der Waals surface area contributed by atoms with Crippen molar-refractivity contribution in [3.05, 3.63) is 41.5 Å². The second kappa shape index (κ2) is 4.40. The Morgan fingerprint density at radius 2 is 1.94 bits per heavy atom. The van der Waals surface area contributed by atoms with Crippen molar-refractivity contribution in [1.29, 1.82) is 0 Å². The molecule has 2 aliphatic rings. The maximum Gasteiger partial charge on any atom is 0.0237 e. The molecule has 1 aromatic carbocycles. The van der Waals surface area contributed by atoms with Crippen LogP contribution in [0.1, 0.15) is 11.1 Å². The minimum Gasteiger partial charge on any atom is -0.314 e. The summed E-state index contributed by atoms with van der Waals surface area (Å²) < 4.78 is 0. The van der Waals surface area contributed by atoms with Crippen molar-refractivity contribution < 1.29 is 0 Å². The minimum atomic E-state index is 1.12. The monoisotopic (exact) mass is 214 g/mol. The molecule has 1 aromatic rings. The Bertz CT molecular complexity index is 403. The number of allylic oxidation sites excluding steroid dienone is 1. The molecule has 1 aliphatic carbocycles. The average Bonchev–Trinajstić information content (AvgIpc) is 2.74. The van der Waals surface area contributed by atoms with Crippen molar-refractivity contribution in [3.8, 4) is 0 Å². The number of nitrogens with one attached hydrogen (secondary N) is 1. The van der Waals surface area contributed by atoms with Gasteiger partial charge in [0.15, 0.2) is 0 Å². The normalized spacial score (nSPS) is 20.6. The zero-order valence-corrected chi connectivity index (χ0v) is 9.58. The average molecular weight is 214 g/mol. The molecule has 1 N–H and O–H groups in total. The Labute approximate surface area is 97.0 Å². The quantitative estimate of drug-likeness (QED) is 0.803. The Balaban J connectivity index is 1.72. The van der Waals surface area contributed by atoms with Crippen LogP contribution in [0.2, 0.25) is 0 Å². The number of piperazine rings is 1. The highest BCUT2D eigenvalue weighted by molar-refractivity contribution is 5.74. The number of benzene rings is 1. The molecular formula is C14H18N2. The second-order valence-electron chi connectivity index (χ2n) is 4.62. The van der Waals surface area contributed by atoms with Crippen LogP contribution < -0.4 is 5.32 Å². The second-order valence-corrected chi connectivity index (χ2v) is 4.62. The Kier molecular flexibility index (Phi) is 2.77. The van der Waals surface area contributed by atoms with E-state index in [0.29, 0.717) is 0 Å². The smallest absolute Gasteiger partial charge is 0.0237 e. The number of rotatable bonds is 2. The first-order valence-electron chi connectivity index (χ1n) is 6.14. The van der Waals surface area contributed by atoms with Crippen LogP contribution in [0.4, 0.5) is 0 Å². The van der Waals surface area contributed by atoms with Crippen LogP contribution in [-0.4, -0.2) is 37.6 Å². The van der Waals surface area contributed by atoms with Crippen LogP contribution in [0.25, 0.3) is 5.57 Å². The Hall–Kier alpha value is -1.12. The van der Waals surface area contributed by atoms with Gasteiger partial charge in [-0.1, -0.05) is 30.3 Å². The van der Waals surface area contributed by atoms with E-state index < -0.39 is 0 Å². The number of hydrogen-bond acceptors (Lipinski definition) is 2. The number of nitrogens with zero attached hydrogens (tertiary/aromatic N) is 1. The number of fused-ring (bicyclic) bond motifs is 1. The van der Waals surface area contributed by atoms with Gasteiger partial charge in [0.2, 0.25) is 0 Å². The van der Waals surface area contributed by atoms with Gasteiger partial charge in [-0.2, -0.15) is 0 Å². The van der Waals surface area contributed by atoms with Gasteiger partial charge in [0.25, 0.3) is 0 Å². The SMILES string of the molecule is C1=C(CN2CCNCC2)c2ccccc2C1. The summed E-state index contributed by atoms with van der Waals surface area (Å²) in [6, 6.07) is 8.79. The third-order valence-electron chi connectivity index (χ3n) is 3.54. The summed E-state index contributed by atoms with van der Waals surface area (Å²) in [5.41, 5.74) is 4.49. The van der Waals surface area contributed by atoms with Crippen molar-refractivity contribution >= 4 is 5.57 Å². The standard InChI is InChI=1S/C14H18N2/c1-2-4-14-12(3-1)5-6-13(14)11-16-9-7-15-8-10-16/h1-4,6,15H,5,7-11H2. The van der Waals surface area contributed by atoms with E-state index in [1.165, 1.54) is 29.8 Å². The third kappa shape index (κ3) is 1.91. The van der Waals surface area contributed by atoms with Crippen LogP contribution in [0.15, 0.2) is 30.3 Å². The summed E-state index contributed by atoms with van der Waals surface area (Å²) in [5.74, 6) is 0. The molecule has 0 aromatic heterocycles. The van der Waals surface area contributed by atoms with Crippen molar-refractivity contribution in [1.82, 2.24) is 10.2 Å². The predicted molar refractivity (Wildman–Crippen MR) is 67.4 cm³/mol. The summed E-state index contributed by atoms with van der Waals surface area (Å²) in [6.07, 6.45) is 3.52. The maximum absolute atomic E-state index is 3.40. The van der Waals surface area contributed by atoms with Crippen molar-refractivity contribution in [2.24, 2.45) is 0 Å². The molecule has 16 heavy (non-hydrogen) atoms. The lowest BCUT2D eigenvalue weighted by atomic mass is 10.1. The van der Waals surface area contributed by atoms with Gasteiger partial charge in [-0.25, -0.2) is 0 Å². The van der Waals surface area contributed by atoms with E-state index in [2.05, 4.69) is 40.6 Å². The van der Waals surface area contributed by atoms with Gasteiger partial charge in [0.1, 0.15) is 0 Å². The highest BCUT2D eigenvalue weighted by Crippen LogP contribution is 2.27. The fraction of sp³-hybridized carbons (Fsp3) is 0.429. The molecule has 1 heterocycles. The van der Waals surface area contributed by atoms with E-state index in [4.69, 9.17) is 0 Å². The Morgan fingerprint density at radius 1 is 1.12 bits per heavy atom. The number of hydrogen-bond donors (Lipinski definition) is 1. The lowest BCUT2D eigenvalue weighted by Gasteiger charge is -2.27. The summed E-state index contributed by atoms with van der Waals surface area (Å²) in [7, 11) is 0. The summed E-state index contributed by atoms with van der Waals surface area (Å²) in [5, 5.41) is 3.40. The van der Waals surface area contributed by atoms with Crippen LogP contribution in [0, 0.1) is 0 Å². The molecular weight excluding hydrogens is 196 g/mol. The third-order valence-corrected chi connectivity index (χ3v) is 3.54. The van der Waals surface area contributed by atoms with Crippen molar-refractivity contribution in [3.63, 3.8) is 0 Å². The molecule has 0 unspecified atom stereocenters. The van der Waals surface area contributed by atoms with Gasteiger partial charge < -0.3 is 5.32 Å². The van der Waals surface area contributed by atoms with Crippen molar-refractivity contribution in [2.75, 3.05) is 32.7 Å². The molecule has 0 atom stereocenters. The molecule has 2 heteroatoms. The zero-order chi connectivity index (χ0) is 10.8. The molecule has 3 rings (SSSR count). The van der Waals surface area contributed by atoms with Gasteiger partial charge in [-0.15, -0.1) is 0 Å². The van der Waals surface area contributed by atoms with Gasteiger partial charge >= 0.3 is 0 Å². The fourth-order valence-electron chi connectivity index (χ4n) is 2.61. The molecule has 1 aliphatic heterocycles. The van der Waals surface area contributed by atoms with Crippen LogP contribution >= 0.6 is 0 Å². The predicted octanol–water partition coefficient (Wildman–Crippen LogP) is 1.53. The zero-order valence-electron chi connectivity index (χ0n) is 9.58. The lowest BCUT2D eigenvalue weighted by Crippen LogP contribution is -2.43. The first-order valence-corrected chi connectivity index (χ1v) is 6.14. The molecule has 2 nitrogen and oxygen atoms in total. The Morgan fingerprint density at radius 3 is 2.81 bits per heavy atom. The van der Waals surface area contributed by atoms with Gasteiger partial charge in [-0.05, 0) is 23.1 Å².